The molecule has 0 bridgehead atoms. The molecule has 1 amide bonds. The molecule has 2 nitrogen and oxygen atoms in total. The quantitative estimate of drug-likeness (QED) is 0.492. The lowest BCUT2D eigenvalue weighted by Gasteiger charge is -2.29. The number of carbonyl (C=O) groups is 1. The van der Waals surface area contributed by atoms with E-state index in [0.29, 0.717) is 6.42 Å². The van der Waals surface area contributed by atoms with Crippen molar-refractivity contribution in [1.82, 2.24) is 0 Å². The van der Waals surface area contributed by atoms with E-state index in [1.54, 1.807) is 0 Å². The van der Waals surface area contributed by atoms with E-state index in [2.05, 4.69) is 35.6 Å². The Bertz CT molecular complexity index is 1020. The van der Waals surface area contributed by atoms with Crippen molar-refractivity contribution < 1.29 is 4.79 Å². The van der Waals surface area contributed by atoms with Crippen LogP contribution in [0.1, 0.15) is 34.6 Å². The van der Waals surface area contributed by atoms with E-state index in [1.165, 1.54) is 27.8 Å². The molecule has 0 aromatic heterocycles. The van der Waals surface area contributed by atoms with Crippen LogP contribution in [0.2, 0.25) is 5.02 Å². The fraction of sp³-hybridized carbons (Fsp3) is 0.136. The van der Waals surface area contributed by atoms with E-state index in [4.69, 9.17) is 11.6 Å². The topological polar surface area (TPSA) is 29.1 Å². The van der Waals surface area contributed by atoms with Crippen molar-refractivity contribution in [2.24, 2.45) is 0 Å². The Morgan fingerprint density at radius 3 is 2.60 bits per heavy atom. The molecule has 5 rings (SSSR count). The average Bonchev–Trinajstić information content (AvgIpc) is 3.00. The second-order valence-electron chi connectivity index (χ2n) is 6.71. The molecule has 1 aliphatic heterocycles. The van der Waals surface area contributed by atoms with Gasteiger partial charge < -0.3 is 5.32 Å². The first-order valence-corrected chi connectivity index (χ1v) is 8.88. The highest BCUT2D eigenvalue weighted by molar-refractivity contribution is 6.31. The summed E-state index contributed by atoms with van der Waals surface area (Å²) in [7, 11) is 0. The van der Waals surface area contributed by atoms with Crippen molar-refractivity contribution in [2.45, 2.75) is 18.8 Å². The van der Waals surface area contributed by atoms with Crippen LogP contribution in [0, 0.1) is 0 Å². The molecule has 0 spiro atoms. The molecule has 0 saturated carbocycles. The van der Waals surface area contributed by atoms with Crippen LogP contribution in [0.3, 0.4) is 0 Å². The SMILES string of the molecule is O=C1CC(c2ccccc2Cl)c2c(ccc3c2Cc2ccccc2-3)N1. The van der Waals surface area contributed by atoms with Crippen LogP contribution in [0.4, 0.5) is 5.69 Å². The molecule has 2 aliphatic rings. The third-order valence-corrected chi connectivity index (χ3v) is 5.67. The zero-order valence-corrected chi connectivity index (χ0v) is 14.3. The Hall–Kier alpha value is -2.58. The summed E-state index contributed by atoms with van der Waals surface area (Å²) in [5.41, 5.74) is 8.43. The second-order valence-corrected chi connectivity index (χ2v) is 7.12. The van der Waals surface area contributed by atoms with Gasteiger partial charge in [-0.25, -0.2) is 0 Å². The normalized spacial score (nSPS) is 17.5. The number of hydrogen-bond acceptors (Lipinski definition) is 1. The molecule has 1 atom stereocenters. The van der Waals surface area contributed by atoms with E-state index in [0.717, 1.165) is 22.7 Å². The number of halogens is 1. The summed E-state index contributed by atoms with van der Waals surface area (Å²) in [5, 5.41) is 3.78. The number of anilines is 1. The lowest BCUT2D eigenvalue weighted by molar-refractivity contribution is -0.116. The highest BCUT2D eigenvalue weighted by Crippen LogP contribution is 2.48. The molecule has 1 N–H and O–H groups in total. The van der Waals surface area contributed by atoms with Gasteiger partial charge in [0, 0.05) is 23.0 Å². The average molecular weight is 346 g/mol. The number of rotatable bonds is 1. The predicted molar refractivity (Wildman–Crippen MR) is 101 cm³/mol. The molecule has 122 valence electrons. The molecule has 25 heavy (non-hydrogen) atoms. The molecule has 3 aromatic rings. The monoisotopic (exact) mass is 345 g/mol. The first-order chi connectivity index (χ1) is 12.2. The fourth-order valence-corrected chi connectivity index (χ4v) is 4.52. The van der Waals surface area contributed by atoms with Gasteiger partial charge in [0.05, 0.1) is 0 Å². The Morgan fingerprint density at radius 1 is 0.920 bits per heavy atom. The largest absolute Gasteiger partial charge is 0.326 e. The van der Waals surface area contributed by atoms with E-state index in [-0.39, 0.29) is 11.8 Å². The first kappa shape index (κ1) is 14.7. The van der Waals surface area contributed by atoms with Crippen molar-refractivity contribution in [3.8, 4) is 11.1 Å². The van der Waals surface area contributed by atoms with Gasteiger partial charge in [-0.2, -0.15) is 0 Å². The summed E-state index contributed by atoms with van der Waals surface area (Å²) in [5.74, 6) is 0.0505. The van der Waals surface area contributed by atoms with Crippen LogP contribution in [-0.2, 0) is 11.2 Å². The smallest absolute Gasteiger partial charge is 0.225 e. The van der Waals surface area contributed by atoms with Crippen LogP contribution in [-0.4, -0.2) is 5.91 Å². The van der Waals surface area contributed by atoms with Gasteiger partial charge in [0.15, 0.2) is 0 Å². The first-order valence-electron chi connectivity index (χ1n) is 8.50. The molecule has 1 unspecified atom stereocenters. The van der Waals surface area contributed by atoms with Crippen LogP contribution in [0.25, 0.3) is 11.1 Å². The number of nitrogens with one attached hydrogen (secondary N) is 1. The summed E-state index contributed by atoms with van der Waals surface area (Å²) < 4.78 is 0. The third-order valence-electron chi connectivity index (χ3n) is 5.32. The minimum absolute atomic E-state index is 0.00159. The Morgan fingerprint density at radius 2 is 1.72 bits per heavy atom. The number of amides is 1. The summed E-state index contributed by atoms with van der Waals surface area (Å²) in [6, 6.07) is 20.6. The number of hydrogen-bond donors (Lipinski definition) is 1. The zero-order valence-electron chi connectivity index (χ0n) is 13.6. The number of fused-ring (bicyclic) bond motifs is 5. The van der Waals surface area contributed by atoms with Crippen molar-refractivity contribution in [3.05, 3.63) is 87.9 Å². The molecule has 1 heterocycles. The number of benzene rings is 3. The summed E-state index contributed by atoms with van der Waals surface area (Å²) in [6.07, 6.45) is 1.34. The minimum atomic E-state index is 0.00159. The van der Waals surface area contributed by atoms with Gasteiger partial charge in [-0.1, -0.05) is 60.1 Å². The van der Waals surface area contributed by atoms with Crippen molar-refractivity contribution in [3.63, 3.8) is 0 Å². The molecule has 0 fully saturated rings. The molecular formula is C22H16ClNO. The second kappa shape index (κ2) is 5.47. The molecule has 0 radical (unpaired) electrons. The Labute approximate surface area is 151 Å². The van der Waals surface area contributed by atoms with E-state index in [1.807, 2.05) is 30.3 Å². The Balaban J connectivity index is 1.75. The number of carbonyl (C=O) groups excluding carboxylic acids is 1. The molecule has 0 saturated heterocycles. The van der Waals surface area contributed by atoms with Gasteiger partial charge in [-0.05, 0) is 51.9 Å². The molecule has 3 aromatic carbocycles. The lowest BCUT2D eigenvalue weighted by atomic mass is 9.81. The van der Waals surface area contributed by atoms with Crippen molar-refractivity contribution >= 4 is 23.2 Å². The maximum atomic E-state index is 12.3. The van der Waals surface area contributed by atoms with Crippen LogP contribution in [0.15, 0.2) is 60.7 Å². The van der Waals surface area contributed by atoms with Gasteiger partial charge in [-0.15, -0.1) is 0 Å². The lowest BCUT2D eigenvalue weighted by Crippen LogP contribution is -2.24. The molecular weight excluding hydrogens is 330 g/mol. The summed E-state index contributed by atoms with van der Waals surface area (Å²) in [6.45, 7) is 0. The fourth-order valence-electron chi connectivity index (χ4n) is 4.25. The van der Waals surface area contributed by atoms with Gasteiger partial charge in [0.2, 0.25) is 5.91 Å². The zero-order chi connectivity index (χ0) is 17.0. The van der Waals surface area contributed by atoms with Crippen LogP contribution >= 0.6 is 11.6 Å². The molecule has 3 heteroatoms. The standard InChI is InChI=1S/C22H16ClNO/c23-19-8-4-3-7-16(19)18-12-21(25)24-20-10-9-15-14-6-2-1-5-13(14)11-17(15)22(18)20/h1-10,18H,11-12H2,(H,24,25). The van der Waals surface area contributed by atoms with Crippen molar-refractivity contribution in [2.75, 3.05) is 5.32 Å². The highest BCUT2D eigenvalue weighted by Gasteiger charge is 2.33. The van der Waals surface area contributed by atoms with E-state index < -0.39 is 0 Å². The maximum Gasteiger partial charge on any atom is 0.225 e. The van der Waals surface area contributed by atoms with E-state index in [9.17, 15) is 4.79 Å². The predicted octanol–water partition coefficient (Wildman–Crippen LogP) is 5.39. The van der Waals surface area contributed by atoms with Crippen LogP contribution in [0.5, 0.6) is 0 Å². The van der Waals surface area contributed by atoms with Gasteiger partial charge >= 0.3 is 0 Å². The minimum Gasteiger partial charge on any atom is -0.326 e. The third kappa shape index (κ3) is 2.21. The maximum absolute atomic E-state index is 12.3. The van der Waals surface area contributed by atoms with Crippen LogP contribution < -0.4 is 5.32 Å². The molecule has 1 aliphatic carbocycles. The highest BCUT2D eigenvalue weighted by atomic mass is 35.5. The van der Waals surface area contributed by atoms with Gasteiger partial charge in [-0.3, -0.25) is 4.79 Å². The Kier molecular flexibility index (Phi) is 3.22. The van der Waals surface area contributed by atoms with Gasteiger partial charge in [0.25, 0.3) is 0 Å². The summed E-state index contributed by atoms with van der Waals surface area (Å²) >= 11 is 6.48. The van der Waals surface area contributed by atoms with E-state index >= 15 is 0 Å². The van der Waals surface area contributed by atoms with Gasteiger partial charge in [0.1, 0.15) is 0 Å². The summed E-state index contributed by atoms with van der Waals surface area (Å²) in [4.78, 5) is 12.3. The van der Waals surface area contributed by atoms with Crippen molar-refractivity contribution in [1.29, 1.82) is 0 Å².